The van der Waals surface area contributed by atoms with Crippen LogP contribution >= 0.6 is 11.6 Å². The largest absolute Gasteiger partial charge is 0.322 e. The Kier molecular flexibility index (Phi) is 4.93. The molecule has 1 N–H and O–H groups in total. The van der Waals surface area contributed by atoms with Gasteiger partial charge in [0.2, 0.25) is 0 Å². The first kappa shape index (κ1) is 19.5. The van der Waals surface area contributed by atoms with Crippen molar-refractivity contribution in [2.24, 2.45) is 0 Å². The first-order chi connectivity index (χ1) is 14.3. The molecule has 7 heteroatoms. The number of fused-ring (bicyclic) bond motifs is 1. The predicted octanol–water partition coefficient (Wildman–Crippen LogP) is 4.60. The Hall–Kier alpha value is -3.77. The number of anilines is 2. The van der Waals surface area contributed by atoms with Gasteiger partial charge in [-0.15, -0.1) is 0 Å². The molecular weight excluding hydrogens is 404 g/mol. The zero-order chi connectivity index (χ0) is 21.4. The lowest BCUT2D eigenvalue weighted by Crippen LogP contribution is -2.29. The number of benzene rings is 3. The molecule has 3 aromatic carbocycles. The van der Waals surface area contributed by atoms with E-state index < -0.39 is 17.7 Å². The number of hydrogen-bond donors (Lipinski definition) is 1. The van der Waals surface area contributed by atoms with Crippen molar-refractivity contribution in [3.8, 4) is 0 Å². The fourth-order valence-corrected chi connectivity index (χ4v) is 3.35. The van der Waals surface area contributed by atoms with Gasteiger partial charge < -0.3 is 5.32 Å². The molecule has 3 amide bonds. The molecule has 0 aliphatic carbocycles. The summed E-state index contributed by atoms with van der Waals surface area (Å²) in [6.07, 6.45) is 0. The van der Waals surface area contributed by atoms with Crippen LogP contribution in [-0.4, -0.2) is 23.5 Å². The number of Topliss-reactive ketones (excluding diaryl/α,β-unsaturated/α-hetero) is 1. The van der Waals surface area contributed by atoms with E-state index in [1.54, 1.807) is 48.5 Å². The van der Waals surface area contributed by atoms with E-state index in [1.165, 1.54) is 25.1 Å². The average Bonchev–Trinajstić information content (AvgIpc) is 2.99. The molecule has 0 saturated carbocycles. The second-order valence-corrected chi connectivity index (χ2v) is 7.21. The van der Waals surface area contributed by atoms with Crippen molar-refractivity contribution in [2.75, 3.05) is 10.2 Å². The van der Waals surface area contributed by atoms with Gasteiger partial charge in [-0.25, -0.2) is 4.90 Å². The zero-order valence-corrected chi connectivity index (χ0v) is 16.6. The molecule has 0 fully saturated rings. The second-order valence-electron chi connectivity index (χ2n) is 6.77. The number of hydrogen-bond acceptors (Lipinski definition) is 4. The first-order valence-electron chi connectivity index (χ1n) is 9.06. The van der Waals surface area contributed by atoms with E-state index in [0.29, 0.717) is 22.0 Å². The number of halogens is 1. The maximum atomic E-state index is 12.8. The Balaban J connectivity index is 1.61. The van der Waals surface area contributed by atoms with Gasteiger partial charge in [-0.2, -0.15) is 0 Å². The lowest BCUT2D eigenvalue weighted by atomic mass is 10.0. The van der Waals surface area contributed by atoms with E-state index in [9.17, 15) is 19.2 Å². The van der Waals surface area contributed by atoms with E-state index in [2.05, 4.69) is 5.32 Å². The van der Waals surface area contributed by atoms with E-state index in [0.717, 1.165) is 4.90 Å². The highest BCUT2D eigenvalue weighted by molar-refractivity contribution is 6.35. The Labute approximate surface area is 177 Å². The van der Waals surface area contributed by atoms with Gasteiger partial charge in [0, 0.05) is 21.8 Å². The summed E-state index contributed by atoms with van der Waals surface area (Å²) in [6.45, 7) is 1.44. The van der Waals surface area contributed by atoms with Crippen molar-refractivity contribution in [1.29, 1.82) is 0 Å². The normalized spacial score (nSPS) is 12.7. The monoisotopic (exact) mass is 418 g/mol. The minimum absolute atomic E-state index is 0.116. The van der Waals surface area contributed by atoms with Gasteiger partial charge in [0.25, 0.3) is 17.7 Å². The Morgan fingerprint density at radius 3 is 2.23 bits per heavy atom. The topological polar surface area (TPSA) is 83.6 Å². The van der Waals surface area contributed by atoms with Crippen molar-refractivity contribution in [3.05, 3.63) is 94.0 Å². The first-order valence-corrected chi connectivity index (χ1v) is 9.44. The van der Waals surface area contributed by atoms with Gasteiger partial charge in [0.05, 0.1) is 16.8 Å². The highest BCUT2D eigenvalue weighted by Crippen LogP contribution is 2.30. The lowest BCUT2D eigenvalue weighted by Gasteiger charge is -2.13. The van der Waals surface area contributed by atoms with Crippen LogP contribution < -0.4 is 10.2 Å². The maximum absolute atomic E-state index is 12.8. The molecule has 1 heterocycles. The van der Waals surface area contributed by atoms with Crippen LogP contribution in [0.4, 0.5) is 11.4 Å². The fourth-order valence-electron chi connectivity index (χ4n) is 3.23. The van der Waals surface area contributed by atoms with Crippen LogP contribution in [0.5, 0.6) is 0 Å². The molecule has 0 unspecified atom stereocenters. The van der Waals surface area contributed by atoms with Gasteiger partial charge >= 0.3 is 0 Å². The molecule has 148 valence electrons. The summed E-state index contributed by atoms with van der Waals surface area (Å²) in [4.78, 5) is 50.8. The zero-order valence-electron chi connectivity index (χ0n) is 15.8. The molecule has 30 heavy (non-hydrogen) atoms. The minimum Gasteiger partial charge on any atom is -0.322 e. The van der Waals surface area contributed by atoms with Crippen molar-refractivity contribution in [1.82, 2.24) is 0 Å². The Bertz CT molecular complexity index is 1220. The molecular formula is C23H15ClN2O4. The molecule has 1 aliphatic rings. The Morgan fingerprint density at radius 1 is 0.833 bits per heavy atom. The van der Waals surface area contributed by atoms with Crippen LogP contribution in [0.3, 0.4) is 0 Å². The summed E-state index contributed by atoms with van der Waals surface area (Å²) in [5.74, 6) is -1.54. The summed E-state index contributed by atoms with van der Waals surface area (Å²) < 4.78 is 0. The summed E-state index contributed by atoms with van der Waals surface area (Å²) >= 11 is 5.88. The minimum atomic E-state index is -0.509. The highest BCUT2D eigenvalue weighted by Gasteiger charge is 2.37. The van der Waals surface area contributed by atoms with Crippen LogP contribution in [-0.2, 0) is 0 Å². The number of imide groups is 1. The summed E-state index contributed by atoms with van der Waals surface area (Å²) in [5, 5.41) is 3.19. The molecule has 4 rings (SSSR count). The van der Waals surface area contributed by atoms with Crippen molar-refractivity contribution >= 4 is 46.5 Å². The number of nitrogens with one attached hydrogen (secondary N) is 1. The van der Waals surface area contributed by atoms with Crippen LogP contribution in [0, 0.1) is 0 Å². The van der Waals surface area contributed by atoms with Crippen LogP contribution in [0.1, 0.15) is 48.4 Å². The van der Waals surface area contributed by atoms with Gasteiger partial charge in [-0.05, 0) is 61.5 Å². The quantitative estimate of drug-likeness (QED) is 0.496. The Morgan fingerprint density at radius 2 is 1.53 bits per heavy atom. The number of rotatable bonds is 4. The molecule has 0 saturated heterocycles. The molecule has 1 aliphatic heterocycles. The van der Waals surface area contributed by atoms with Crippen LogP contribution in [0.2, 0.25) is 5.02 Å². The lowest BCUT2D eigenvalue weighted by molar-refractivity contribution is 0.0924. The van der Waals surface area contributed by atoms with Gasteiger partial charge in [-0.1, -0.05) is 23.7 Å². The standard InChI is InChI=1S/C23H15ClN2O4/c1-13(27)14-3-2-4-17(11-14)25-21(28)15-5-10-19-20(12-15)23(30)26(22(19)29)18-8-6-16(24)7-9-18/h2-12H,1H3,(H,25,28). The summed E-state index contributed by atoms with van der Waals surface area (Å²) in [5.41, 5.74) is 1.93. The maximum Gasteiger partial charge on any atom is 0.266 e. The van der Waals surface area contributed by atoms with Gasteiger partial charge in [0.1, 0.15) is 0 Å². The SMILES string of the molecule is CC(=O)c1cccc(NC(=O)c2ccc3c(c2)C(=O)N(c2ccc(Cl)cc2)C3=O)c1. The van der Waals surface area contributed by atoms with Crippen molar-refractivity contribution < 1.29 is 19.2 Å². The van der Waals surface area contributed by atoms with Crippen molar-refractivity contribution in [2.45, 2.75) is 6.92 Å². The van der Waals surface area contributed by atoms with Crippen LogP contribution in [0.15, 0.2) is 66.7 Å². The third-order valence-electron chi connectivity index (χ3n) is 4.76. The number of ketones is 1. The van der Waals surface area contributed by atoms with Crippen molar-refractivity contribution in [3.63, 3.8) is 0 Å². The number of nitrogens with zero attached hydrogens (tertiary/aromatic N) is 1. The fraction of sp³-hybridized carbons (Fsp3) is 0.0435. The van der Waals surface area contributed by atoms with E-state index >= 15 is 0 Å². The average molecular weight is 419 g/mol. The molecule has 6 nitrogen and oxygen atoms in total. The van der Waals surface area contributed by atoms with Gasteiger partial charge in [-0.3, -0.25) is 19.2 Å². The summed E-state index contributed by atoms with van der Waals surface area (Å²) in [7, 11) is 0. The van der Waals surface area contributed by atoms with E-state index in [4.69, 9.17) is 11.6 Å². The molecule has 3 aromatic rings. The second kappa shape index (κ2) is 7.57. The molecule has 0 aromatic heterocycles. The smallest absolute Gasteiger partial charge is 0.266 e. The molecule has 0 radical (unpaired) electrons. The number of carbonyl (C=O) groups excluding carboxylic acids is 4. The number of carbonyl (C=O) groups is 4. The molecule has 0 bridgehead atoms. The predicted molar refractivity (Wildman–Crippen MR) is 113 cm³/mol. The number of amides is 3. The molecule has 0 spiro atoms. The third kappa shape index (κ3) is 3.49. The summed E-state index contributed by atoms with van der Waals surface area (Å²) in [6, 6.07) is 17.3. The van der Waals surface area contributed by atoms with Gasteiger partial charge in [0.15, 0.2) is 5.78 Å². The molecule has 0 atom stereocenters. The van der Waals surface area contributed by atoms with E-state index in [-0.39, 0.29) is 22.5 Å². The third-order valence-corrected chi connectivity index (χ3v) is 5.01. The van der Waals surface area contributed by atoms with Crippen LogP contribution in [0.25, 0.3) is 0 Å². The highest BCUT2D eigenvalue weighted by atomic mass is 35.5. The van der Waals surface area contributed by atoms with E-state index in [1.807, 2.05) is 0 Å².